The van der Waals surface area contributed by atoms with Crippen LogP contribution in [0.1, 0.15) is 51.9 Å². The first-order valence-corrected chi connectivity index (χ1v) is 9.48. The Morgan fingerprint density at radius 3 is 2.85 bits per heavy atom. The highest BCUT2D eigenvalue weighted by molar-refractivity contribution is 5.96. The monoisotopic (exact) mass is 370 g/mol. The van der Waals surface area contributed by atoms with Crippen molar-refractivity contribution in [3.05, 3.63) is 52.6 Å². The van der Waals surface area contributed by atoms with Crippen LogP contribution >= 0.6 is 0 Å². The molecule has 1 aromatic heterocycles. The number of hydrogen-bond acceptors (Lipinski definition) is 3. The third kappa shape index (κ3) is 3.59. The summed E-state index contributed by atoms with van der Waals surface area (Å²) < 4.78 is 15.4. The maximum Gasteiger partial charge on any atom is 0.272 e. The minimum atomic E-state index is -0.432. The molecule has 27 heavy (non-hydrogen) atoms. The predicted octanol–water partition coefficient (Wildman–Crippen LogP) is 2.38. The standard InChI is InChI=1S/C20H23FN4O2/c1-2-22-19(26)18-16-12-24(20(27)14-4-3-5-15(21)10-14)9-8-17(16)25(23-18)11-13-6-7-13/h3-5,10,13H,2,6-9,11-12H2,1H3,(H,22,26). The van der Waals surface area contributed by atoms with Crippen LogP contribution in [0, 0.1) is 11.7 Å². The Labute approximate surface area is 157 Å². The van der Waals surface area contributed by atoms with E-state index < -0.39 is 5.82 Å². The van der Waals surface area contributed by atoms with Gasteiger partial charge in [0.2, 0.25) is 0 Å². The van der Waals surface area contributed by atoms with Crippen LogP contribution in [0.3, 0.4) is 0 Å². The summed E-state index contributed by atoms with van der Waals surface area (Å²) in [5.74, 6) is -0.220. The highest BCUT2D eigenvalue weighted by atomic mass is 19.1. The van der Waals surface area contributed by atoms with Crippen LogP contribution in [0.15, 0.2) is 24.3 Å². The average molecular weight is 370 g/mol. The van der Waals surface area contributed by atoms with E-state index in [-0.39, 0.29) is 11.8 Å². The highest BCUT2D eigenvalue weighted by Crippen LogP contribution is 2.33. The predicted molar refractivity (Wildman–Crippen MR) is 97.8 cm³/mol. The second kappa shape index (κ2) is 7.13. The quantitative estimate of drug-likeness (QED) is 0.879. The molecule has 142 valence electrons. The Morgan fingerprint density at radius 1 is 1.33 bits per heavy atom. The van der Waals surface area contributed by atoms with Gasteiger partial charge in [0.15, 0.2) is 5.69 Å². The van der Waals surface area contributed by atoms with Gasteiger partial charge >= 0.3 is 0 Å². The van der Waals surface area contributed by atoms with Crippen molar-refractivity contribution in [3.63, 3.8) is 0 Å². The van der Waals surface area contributed by atoms with Gasteiger partial charge in [0, 0.05) is 42.9 Å². The van der Waals surface area contributed by atoms with Crippen molar-refractivity contribution >= 4 is 11.8 Å². The number of fused-ring (bicyclic) bond motifs is 1. The lowest BCUT2D eigenvalue weighted by molar-refractivity contribution is 0.0730. The van der Waals surface area contributed by atoms with E-state index in [9.17, 15) is 14.0 Å². The van der Waals surface area contributed by atoms with E-state index in [0.29, 0.717) is 43.2 Å². The van der Waals surface area contributed by atoms with Gasteiger partial charge in [-0.25, -0.2) is 4.39 Å². The fraction of sp³-hybridized carbons (Fsp3) is 0.450. The van der Waals surface area contributed by atoms with Crippen molar-refractivity contribution in [2.75, 3.05) is 13.1 Å². The second-order valence-electron chi connectivity index (χ2n) is 7.25. The summed E-state index contributed by atoms with van der Waals surface area (Å²) in [6.07, 6.45) is 3.06. The van der Waals surface area contributed by atoms with E-state index in [1.54, 1.807) is 11.0 Å². The van der Waals surface area contributed by atoms with Gasteiger partial charge in [-0.05, 0) is 43.9 Å². The number of rotatable bonds is 5. The minimum Gasteiger partial charge on any atom is -0.351 e. The first kappa shape index (κ1) is 17.7. The first-order valence-electron chi connectivity index (χ1n) is 9.48. The summed E-state index contributed by atoms with van der Waals surface area (Å²) in [6.45, 7) is 4.08. The Bertz CT molecular complexity index is 888. The molecule has 6 nitrogen and oxygen atoms in total. The molecule has 0 unspecified atom stereocenters. The molecule has 0 spiro atoms. The Balaban J connectivity index is 1.62. The Kier molecular flexibility index (Phi) is 4.68. The van der Waals surface area contributed by atoms with Gasteiger partial charge in [0.25, 0.3) is 11.8 Å². The van der Waals surface area contributed by atoms with Crippen molar-refractivity contribution in [2.24, 2.45) is 5.92 Å². The number of nitrogens with one attached hydrogen (secondary N) is 1. The van der Waals surface area contributed by atoms with Gasteiger partial charge in [-0.3, -0.25) is 14.3 Å². The smallest absolute Gasteiger partial charge is 0.272 e. The van der Waals surface area contributed by atoms with Crippen molar-refractivity contribution in [2.45, 2.75) is 39.3 Å². The van der Waals surface area contributed by atoms with E-state index in [1.807, 2.05) is 11.6 Å². The maximum absolute atomic E-state index is 13.5. The molecule has 4 rings (SSSR count). The summed E-state index contributed by atoms with van der Waals surface area (Å²) >= 11 is 0. The van der Waals surface area contributed by atoms with Crippen LogP contribution in [-0.4, -0.2) is 39.6 Å². The van der Waals surface area contributed by atoms with Crippen LogP contribution in [0.25, 0.3) is 0 Å². The van der Waals surface area contributed by atoms with E-state index in [1.165, 1.54) is 31.0 Å². The lowest BCUT2D eigenvalue weighted by Crippen LogP contribution is -2.37. The third-order valence-electron chi connectivity index (χ3n) is 5.17. The van der Waals surface area contributed by atoms with Gasteiger partial charge in [-0.1, -0.05) is 6.07 Å². The Morgan fingerprint density at radius 2 is 2.15 bits per heavy atom. The normalized spacial score (nSPS) is 16.1. The summed E-state index contributed by atoms with van der Waals surface area (Å²) in [5.41, 5.74) is 2.59. The molecule has 1 fully saturated rings. The van der Waals surface area contributed by atoms with Gasteiger partial charge in [0.05, 0.1) is 6.54 Å². The number of benzene rings is 1. The van der Waals surface area contributed by atoms with Gasteiger partial charge in [-0.15, -0.1) is 0 Å². The largest absolute Gasteiger partial charge is 0.351 e. The lowest BCUT2D eigenvalue weighted by Gasteiger charge is -2.28. The van der Waals surface area contributed by atoms with E-state index in [4.69, 9.17) is 0 Å². The van der Waals surface area contributed by atoms with E-state index >= 15 is 0 Å². The summed E-state index contributed by atoms with van der Waals surface area (Å²) in [7, 11) is 0. The molecule has 2 aromatic rings. The lowest BCUT2D eigenvalue weighted by atomic mass is 10.0. The molecule has 1 aliphatic carbocycles. The van der Waals surface area contributed by atoms with E-state index in [2.05, 4.69) is 10.4 Å². The van der Waals surface area contributed by atoms with Crippen molar-refractivity contribution in [1.29, 1.82) is 0 Å². The summed E-state index contributed by atoms with van der Waals surface area (Å²) in [6, 6.07) is 5.72. The molecule has 0 bridgehead atoms. The number of nitrogens with zero attached hydrogens (tertiary/aromatic N) is 3. The fourth-order valence-electron chi connectivity index (χ4n) is 3.59. The van der Waals surface area contributed by atoms with Gasteiger partial charge in [-0.2, -0.15) is 5.10 Å². The molecular weight excluding hydrogens is 347 g/mol. The number of carbonyl (C=O) groups is 2. The molecule has 2 aliphatic rings. The van der Waals surface area contributed by atoms with Crippen LogP contribution < -0.4 is 5.32 Å². The number of aromatic nitrogens is 2. The van der Waals surface area contributed by atoms with Crippen LogP contribution in [-0.2, 0) is 19.5 Å². The second-order valence-corrected chi connectivity index (χ2v) is 7.25. The molecule has 1 N–H and O–H groups in total. The molecular formula is C20H23FN4O2. The topological polar surface area (TPSA) is 67.2 Å². The van der Waals surface area contributed by atoms with Crippen LogP contribution in [0.5, 0.6) is 0 Å². The zero-order valence-corrected chi connectivity index (χ0v) is 15.4. The minimum absolute atomic E-state index is 0.205. The third-order valence-corrected chi connectivity index (χ3v) is 5.17. The molecule has 2 amide bonds. The number of halogens is 1. The number of hydrogen-bond donors (Lipinski definition) is 1. The number of amides is 2. The Hall–Kier alpha value is -2.70. The van der Waals surface area contributed by atoms with Crippen molar-refractivity contribution in [3.8, 4) is 0 Å². The SMILES string of the molecule is CCNC(=O)c1nn(CC2CC2)c2c1CN(C(=O)c1cccc(F)c1)CC2. The highest BCUT2D eigenvalue weighted by Gasteiger charge is 2.32. The van der Waals surface area contributed by atoms with Crippen molar-refractivity contribution in [1.82, 2.24) is 20.0 Å². The van der Waals surface area contributed by atoms with Crippen molar-refractivity contribution < 1.29 is 14.0 Å². The zero-order chi connectivity index (χ0) is 19.0. The molecule has 0 radical (unpaired) electrons. The van der Waals surface area contributed by atoms with Crippen LogP contribution in [0.4, 0.5) is 4.39 Å². The molecule has 7 heteroatoms. The van der Waals surface area contributed by atoms with E-state index in [0.717, 1.165) is 17.8 Å². The van der Waals surface area contributed by atoms with Gasteiger partial charge < -0.3 is 10.2 Å². The molecule has 2 heterocycles. The first-order chi connectivity index (χ1) is 13.1. The van der Waals surface area contributed by atoms with Gasteiger partial charge in [0.1, 0.15) is 5.82 Å². The molecule has 1 saturated carbocycles. The molecule has 0 saturated heterocycles. The molecule has 1 aromatic carbocycles. The summed E-state index contributed by atoms with van der Waals surface area (Å²) in [4.78, 5) is 26.9. The maximum atomic E-state index is 13.5. The van der Waals surface area contributed by atoms with Crippen LogP contribution in [0.2, 0.25) is 0 Å². The fourth-order valence-corrected chi connectivity index (χ4v) is 3.59. The molecule has 1 aliphatic heterocycles. The average Bonchev–Trinajstić information content (AvgIpc) is 3.41. The summed E-state index contributed by atoms with van der Waals surface area (Å²) in [5, 5.41) is 7.39. The zero-order valence-electron chi connectivity index (χ0n) is 15.4. The molecule has 0 atom stereocenters. The number of carbonyl (C=O) groups excluding carboxylic acids is 2.